The number of aliphatic hydroxyl groups is 4. The highest BCUT2D eigenvalue weighted by Gasteiger charge is 2.45. The maximum Gasteiger partial charge on any atom is 0.239 e. The van der Waals surface area contributed by atoms with E-state index in [9.17, 15) is 40.5 Å². The summed E-state index contributed by atoms with van der Waals surface area (Å²) in [4.78, 5) is 13.5. The van der Waals surface area contributed by atoms with Crippen molar-refractivity contribution < 1.29 is 59.1 Å². The Balaban J connectivity index is 1.95. The molecule has 0 aliphatic carbocycles. The molecule has 1 aliphatic rings. The van der Waals surface area contributed by atoms with E-state index in [1.807, 2.05) is 0 Å². The van der Waals surface area contributed by atoms with Crippen molar-refractivity contribution in [2.24, 2.45) is 0 Å². The lowest BCUT2D eigenvalue weighted by Gasteiger charge is -2.39. The first-order chi connectivity index (χ1) is 17.1. The molecule has 2 aromatic carbocycles. The van der Waals surface area contributed by atoms with E-state index in [0.717, 1.165) is 13.2 Å². The zero-order valence-corrected chi connectivity index (χ0v) is 19.0. The predicted octanol–water partition coefficient (Wildman–Crippen LogP) is -0.227. The highest BCUT2D eigenvalue weighted by atomic mass is 16.7. The third-order valence-corrected chi connectivity index (χ3v) is 5.78. The molecule has 0 unspecified atom stereocenters. The Morgan fingerprint density at radius 3 is 2.25 bits per heavy atom. The van der Waals surface area contributed by atoms with Gasteiger partial charge >= 0.3 is 0 Å². The highest BCUT2D eigenvalue weighted by Crippen LogP contribution is 2.44. The van der Waals surface area contributed by atoms with Crippen molar-refractivity contribution in [3.05, 3.63) is 34.5 Å². The zero-order valence-electron chi connectivity index (χ0n) is 19.0. The summed E-state index contributed by atoms with van der Waals surface area (Å²) in [7, 11) is 2.49. The van der Waals surface area contributed by atoms with Crippen LogP contribution >= 0.6 is 0 Å². The van der Waals surface area contributed by atoms with Crippen molar-refractivity contribution in [1.82, 2.24) is 0 Å². The number of aliphatic hydroxyl groups excluding tert-OH is 4. The molecule has 0 radical (unpaired) electrons. The van der Waals surface area contributed by atoms with Crippen LogP contribution in [0.4, 0.5) is 0 Å². The summed E-state index contributed by atoms with van der Waals surface area (Å²) in [6.07, 6.45) is -8.44. The summed E-state index contributed by atoms with van der Waals surface area (Å²) in [5.41, 5.74) is -1.18. The molecule has 1 saturated heterocycles. The largest absolute Gasteiger partial charge is 0.504 e. The summed E-state index contributed by atoms with van der Waals surface area (Å²) in [5, 5.41) is 70.5. The van der Waals surface area contributed by atoms with Crippen LogP contribution in [0.1, 0.15) is 0 Å². The van der Waals surface area contributed by atoms with Crippen LogP contribution in [0.15, 0.2) is 33.5 Å². The lowest BCUT2D eigenvalue weighted by Crippen LogP contribution is -2.60. The molecule has 1 aliphatic heterocycles. The van der Waals surface area contributed by atoms with Gasteiger partial charge in [0, 0.05) is 11.6 Å². The summed E-state index contributed by atoms with van der Waals surface area (Å²) in [6, 6.07) is 4.99. The number of phenolic OH excluding ortho intramolecular Hbond substituents is 3. The standard InChI is InChI=1S/C23H24O13/c1-32-11-4-3-8(5-9(11)25)20-22(36-23-19(31)18(30)15(27)13(7-24)35-23)17(29)14-12(34-20)6-10(26)21(33-2)16(14)28/h3-6,13,15,18-19,23-28,30-31H,7H2,1-2H3/t13-,15+,18+,19-,23+/m1/s1. The fourth-order valence-corrected chi connectivity index (χ4v) is 3.90. The molecule has 13 heteroatoms. The van der Waals surface area contributed by atoms with E-state index in [1.54, 1.807) is 0 Å². The lowest BCUT2D eigenvalue weighted by molar-refractivity contribution is -0.277. The molecule has 0 spiro atoms. The summed E-state index contributed by atoms with van der Waals surface area (Å²) in [6.45, 7) is -0.742. The molecule has 1 aromatic heterocycles. The topological polar surface area (TPSA) is 209 Å². The molecule has 4 rings (SSSR count). The van der Waals surface area contributed by atoms with Crippen LogP contribution in [0.3, 0.4) is 0 Å². The summed E-state index contributed by atoms with van der Waals surface area (Å²) < 4.78 is 26.7. The van der Waals surface area contributed by atoms with Gasteiger partial charge in [-0.25, -0.2) is 0 Å². The first-order valence-corrected chi connectivity index (χ1v) is 10.6. The number of ether oxygens (including phenoxy) is 4. The number of rotatable bonds is 6. The molecule has 0 saturated carbocycles. The van der Waals surface area contributed by atoms with Crippen molar-refractivity contribution >= 4 is 11.0 Å². The Morgan fingerprint density at radius 1 is 0.917 bits per heavy atom. The predicted molar refractivity (Wildman–Crippen MR) is 120 cm³/mol. The Kier molecular flexibility index (Phi) is 6.84. The Morgan fingerprint density at radius 2 is 1.64 bits per heavy atom. The molecule has 2 heterocycles. The lowest BCUT2D eigenvalue weighted by atomic mass is 9.99. The van der Waals surface area contributed by atoms with Gasteiger partial charge in [0.2, 0.25) is 23.2 Å². The second-order valence-electron chi connectivity index (χ2n) is 7.94. The van der Waals surface area contributed by atoms with Gasteiger partial charge in [-0.15, -0.1) is 0 Å². The van der Waals surface area contributed by atoms with E-state index < -0.39 is 71.1 Å². The molecule has 1 fully saturated rings. The number of methoxy groups -OCH3 is 2. The highest BCUT2D eigenvalue weighted by molar-refractivity contribution is 5.91. The molecule has 13 nitrogen and oxygen atoms in total. The zero-order chi connectivity index (χ0) is 26.3. The van der Waals surface area contributed by atoms with Crippen LogP contribution in [0.2, 0.25) is 0 Å². The fourth-order valence-electron chi connectivity index (χ4n) is 3.90. The van der Waals surface area contributed by atoms with Crippen LogP contribution in [-0.4, -0.2) is 87.3 Å². The van der Waals surface area contributed by atoms with Crippen LogP contribution in [0, 0.1) is 0 Å². The first-order valence-electron chi connectivity index (χ1n) is 10.6. The van der Waals surface area contributed by atoms with Crippen molar-refractivity contribution in [2.75, 3.05) is 20.8 Å². The number of fused-ring (bicyclic) bond motifs is 1. The maximum absolute atomic E-state index is 13.5. The van der Waals surface area contributed by atoms with Crippen molar-refractivity contribution in [1.29, 1.82) is 0 Å². The molecule has 36 heavy (non-hydrogen) atoms. The minimum absolute atomic E-state index is 0.0849. The fraction of sp³-hybridized carbons (Fsp3) is 0.348. The van der Waals surface area contributed by atoms with Crippen LogP contribution in [0.5, 0.6) is 34.5 Å². The molecule has 0 amide bonds. The van der Waals surface area contributed by atoms with Gasteiger partial charge in [0.05, 0.1) is 20.8 Å². The summed E-state index contributed by atoms with van der Waals surface area (Å²) in [5.74, 6) is -2.86. The van der Waals surface area contributed by atoms with E-state index in [0.29, 0.717) is 0 Å². The van der Waals surface area contributed by atoms with Gasteiger partial charge in [-0.2, -0.15) is 0 Å². The van der Waals surface area contributed by atoms with Crippen molar-refractivity contribution in [3.8, 4) is 45.8 Å². The number of hydrogen-bond acceptors (Lipinski definition) is 13. The number of hydrogen-bond donors (Lipinski definition) is 7. The second-order valence-corrected chi connectivity index (χ2v) is 7.94. The Bertz CT molecular complexity index is 1330. The van der Waals surface area contributed by atoms with E-state index in [-0.39, 0.29) is 28.4 Å². The molecule has 194 valence electrons. The molecular formula is C23H24O13. The van der Waals surface area contributed by atoms with Gasteiger partial charge in [-0.1, -0.05) is 0 Å². The maximum atomic E-state index is 13.5. The Hall–Kier alpha value is -3.75. The number of phenols is 3. The quantitative estimate of drug-likeness (QED) is 0.230. The SMILES string of the molecule is COc1ccc(-c2oc3cc(O)c(OC)c(O)c3c(=O)c2O[C@@H]2O[C@H](CO)[C@H](O)[C@H](O)[C@H]2O)cc1O. The molecular weight excluding hydrogens is 484 g/mol. The van der Waals surface area contributed by atoms with E-state index in [4.69, 9.17) is 23.4 Å². The van der Waals surface area contributed by atoms with Crippen LogP contribution in [0.25, 0.3) is 22.3 Å². The minimum atomic E-state index is -1.86. The number of aromatic hydroxyl groups is 3. The van der Waals surface area contributed by atoms with Crippen molar-refractivity contribution in [2.45, 2.75) is 30.7 Å². The normalized spacial score (nSPS) is 24.0. The third-order valence-electron chi connectivity index (χ3n) is 5.78. The second kappa shape index (κ2) is 9.72. The van der Waals surface area contributed by atoms with Gasteiger partial charge in [-0.05, 0) is 18.2 Å². The minimum Gasteiger partial charge on any atom is -0.504 e. The number of benzene rings is 2. The first kappa shape index (κ1) is 25.3. The van der Waals surface area contributed by atoms with Gasteiger partial charge in [0.15, 0.2) is 28.8 Å². The third kappa shape index (κ3) is 4.12. The van der Waals surface area contributed by atoms with E-state index in [2.05, 4.69) is 0 Å². The average Bonchev–Trinajstić information content (AvgIpc) is 2.85. The van der Waals surface area contributed by atoms with E-state index in [1.165, 1.54) is 25.3 Å². The van der Waals surface area contributed by atoms with Crippen molar-refractivity contribution in [3.63, 3.8) is 0 Å². The molecule has 3 aromatic rings. The van der Waals surface area contributed by atoms with Crippen LogP contribution < -0.4 is 19.6 Å². The monoisotopic (exact) mass is 508 g/mol. The Labute approximate surface area is 202 Å². The van der Waals surface area contributed by atoms with Gasteiger partial charge < -0.3 is 59.1 Å². The molecule has 0 bridgehead atoms. The van der Waals surface area contributed by atoms with E-state index >= 15 is 0 Å². The van der Waals surface area contributed by atoms with Gasteiger partial charge in [0.1, 0.15) is 35.4 Å². The summed E-state index contributed by atoms with van der Waals surface area (Å²) >= 11 is 0. The van der Waals surface area contributed by atoms with Gasteiger partial charge in [0.25, 0.3) is 0 Å². The molecule has 5 atom stereocenters. The molecule has 7 N–H and O–H groups in total. The smallest absolute Gasteiger partial charge is 0.239 e. The van der Waals surface area contributed by atoms with Gasteiger partial charge in [-0.3, -0.25) is 4.79 Å². The van der Waals surface area contributed by atoms with Crippen LogP contribution in [-0.2, 0) is 4.74 Å². The average molecular weight is 508 g/mol.